The molecule has 2 N–H and O–H groups in total. The molecule has 0 saturated carbocycles. The summed E-state index contributed by atoms with van der Waals surface area (Å²) in [6.07, 6.45) is -0.194. The molecule has 0 radical (unpaired) electrons. The van der Waals surface area contributed by atoms with E-state index in [0.717, 1.165) is 11.1 Å². The van der Waals surface area contributed by atoms with E-state index in [0.29, 0.717) is 23.9 Å². The average Bonchev–Trinajstić information content (AvgIpc) is 2.85. The van der Waals surface area contributed by atoms with E-state index in [1.165, 1.54) is 7.11 Å². The third kappa shape index (κ3) is 1.63. The Bertz CT molecular complexity index is 725. The van der Waals surface area contributed by atoms with Crippen LogP contribution in [0.15, 0.2) is 30.3 Å². The van der Waals surface area contributed by atoms with Crippen molar-refractivity contribution >= 4 is 0 Å². The van der Waals surface area contributed by atoms with Crippen LogP contribution in [0.2, 0.25) is 0 Å². The van der Waals surface area contributed by atoms with Crippen LogP contribution in [0, 0.1) is 0 Å². The molecule has 108 valence electrons. The lowest BCUT2D eigenvalue weighted by atomic mass is 9.89. The molecule has 0 saturated heterocycles. The van der Waals surface area contributed by atoms with Crippen LogP contribution < -0.4 is 14.2 Å². The van der Waals surface area contributed by atoms with E-state index in [-0.39, 0.29) is 23.5 Å². The van der Waals surface area contributed by atoms with Gasteiger partial charge in [-0.05, 0) is 18.2 Å². The molecule has 2 aromatic carbocycles. The van der Waals surface area contributed by atoms with Crippen LogP contribution in [0.25, 0.3) is 0 Å². The zero-order chi connectivity index (χ0) is 14.6. The summed E-state index contributed by atoms with van der Waals surface area (Å²) in [5, 5.41) is 19.4. The Kier molecular flexibility index (Phi) is 2.45. The lowest BCUT2D eigenvalue weighted by molar-refractivity contribution is 0.136. The molecule has 4 rings (SSSR count). The molecule has 2 heterocycles. The van der Waals surface area contributed by atoms with E-state index in [1.54, 1.807) is 24.3 Å². The van der Waals surface area contributed by atoms with Crippen LogP contribution in [0.5, 0.6) is 28.7 Å². The van der Waals surface area contributed by atoms with E-state index >= 15 is 0 Å². The summed E-state index contributed by atoms with van der Waals surface area (Å²) >= 11 is 0. The van der Waals surface area contributed by atoms with Gasteiger partial charge in [0.15, 0.2) is 11.5 Å². The second-order valence-electron chi connectivity index (χ2n) is 5.21. The molecule has 2 aliphatic rings. The first-order valence-corrected chi connectivity index (χ1v) is 6.71. The lowest BCUT2D eigenvalue weighted by Gasteiger charge is -2.27. The first-order valence-electron chi connectivity index (χ1n) is 6.71. The first-order chi connectivity index (χ1) is 10.2. The van der Waals surface area contributed by atoms with Crippen molar-refractivity contribution in [2.45, 2.75) is 12.0 Å². The van der Waals surface area contributed by atoms with Gasteiger partial charge >= 0.3 is 0 Å². The Morgan fingerprint density at radius 1 is 1.14 bits per heavy atom. The van der Waals surface area contributed by atoms with Crippen LogP contribution in [-0.2, 0) is 0 Å². The molecule has 0 amide bonds. The molecule has 0 bridgehead atoms. The standard InChI is InChI=1S/C16H14O5/c1-19-16-12(18)5-4-9-11-7-20-13-6-8(17)2-3-10(13)14(11)21-15(9)16/h2-6,11,14,17-18H,7H2,1H3/t11-,14+/m0/s1. The predicted molar refractivity (Wildman–Crippen MR) is 74.4 cm³/mol. The van der Waals surface area contributed by atoms with Crippen molar-refractivity contribution in [2.24, 2.45) is 0 Å². The number of methoxy groups -OCH3 is 1. The minimum atomic E-state index is -0.194. The highest BCUT2D eigenvalue weighted by Gasteiger charge is 2.42. The summed E-state index contributed by atoms with van der Waals surface area (Å²) in [6.45, 7) is 0.460. The molecular formula is C16H14O5. The van der Waals surface area contributed by atoms with E-state index in [1.807, 2.05) is 6.07 Å². The van der Waals surface area contributed by atoms with Gasteiger partial charge in [-0.1, -0.05) is 6.07 Å². The molecule has 21 heavy (non-hydrogen) atoms. The van der Waals surface area contributed by atoms with Crippen molar-refractivity contribution in [1.29, 1.82) is 0 Å². The van der Waals surface area contributed by atoms with Gasteiger partial charge in [0.2, 0.25) is 5.75 Å². The Balaban J connectivity index is 1.83. The number of hydrogen-bond acceptors (Lipinski definition) is 5. The highest BCUT2D eigenvalue weighted by Crippen LogP contribution is 2.56. The van der Waals surface area contributed by atoms with E-state index in [4.69, 9.17) is 14.2 Å². The Hall–Kier alpha value is -2.56. The second-order valence-corrected chi connectivity index (χ2v) is 5.21. The van der Waals surface area contributed by atoms with Gasteiger partial charge in [-0.15, -0.1) is 0 Å². The minimum absolute atomic E-state index is 0.0477. The monoisotopic (exact) mass is 286 g/mol. The summed E-state index contributed by atoms with van der Waals surface area (Å²) in [7, 11) is 1.50. The maximum Gasteiger partial charge on any atom is 0.203 e. The lowest BCUT2D eigenvalue weighted by Crippen LogP contribution is -2.22. The van der Waals surface area contributed by atoms with Crippen LogP contribution in [0.3, 0.4) is 0 Å². The molecule has 2 atom stereocenters. The number of rotatable bonds is 1. The molecule has 5 heteroatoms. The number of phenolic OH excluding ortho intramolecular Hbond substituents is 2. The van der Waals surface area contributed by atoms with Crippen LogP contribution in [-0.4, -0.2) is 23.9 Å². The highest BCUT2D eigenvalue weighted by atomic mass is 16.5. The number of phenols is 2. The fourth-order valence-corrected chi connectivity index (χ4v) is 3.07. The van der Waals surface area contributed by atoms with E-state index < -0.39 is 0 Å². The van der Waals surface area contributed by atoms with Crippen LogP contribution in [0.1, 0.15) is 23.1 Å². The Morgan fingerprint density at radius 2 is 1.95 bits per heavy atom. The smallest absolute Gasteiger partial charge is 0.203 e. The zero-order valence-corrected chi connectivity index (χ0v) is 11.4. The van der Waals surface area contributed by atoms with Crippen molar-refractivity contribution in [3.63, 3.8) is 0 Å². The number of hydrogen-bond donors (Lipinski definition) is 2. The summed E-state index contributed by atoms with van der Waals surface area (Å²) in [5.74, 6) is 1.82. The number of benzene rings is 2. The fraction of sp³-hybridized carbons (Fsp3) is 0.250. The van der Waals surface area contributed by atoms with Gasteiger partial charge < -0.3 is 24.4 Å². The van der Waals surface area contributed by atoms with Gasteiger partial charge in [0.25, 0.3) is 0 Å². The van der Waals surface area contributed by atoms with Crippen molar-refractivity contribution in [3.05, 3.63) is 41.5 Å². The van der Waals surface area contributed by atoms with Crippen LogP contribution >= 0.6 is 0 Å². The van der Waals surface area contributed by atoms with Gasteiger partial charge in [-0.25, -0.2) is 0 Å². The third-order valence-corrected chi connectivity index (χ3v) is 4.06. The molecule has 0 aromatic heterocycles. The normalized spacial score (nSPS) is 21.6. The largest absolute Gasteiger partial charge is 0.508 e. The van der Waals surface area contributed by atoms with Gasteiger partial charge in [-0.2, -0.15) is 0 Å². The topological polar surface area (TPSA) is 68.2 Å². The van der Waals surface area contributed by atoms with Gasteiger partial charge in [0.1, 0.15) is 17.6 Å². The molecule has 2 aliphatic heterocycles. The molecule has 0 fully saturated rings. The molecule has 0 unspecified atom stereocenters. The number of ether oxygens (including phenoxy) is 3. The van der Waals surface area contributed by atoms with Crippen molar-refractivity contribution < 1.29 is 24.4 Å². The summed E-state index contributed by atoms with van der Waals surface area (Å²) < 4.78 is 17.0. The maximum atomic E-state index is 9.87. The van der Waals surface area contributed by atoms with Crippen molar-refractivity contribution in [1.82, 2.24) is 0 Å². The molecule has 5 nitrogen and oxygen atoms in total. The summed E-state index contributed by atoms with van der Waals surface area (Å²) in [5.41, 5.74) is 1.86. The van der Waals surface area contributed by atoms with Crippen molar-refractivity contribution in [3.8, 4) is 28.7 Å². The fourth-order valence-electron chi connectivity index (χ4n) is 3.07. The van der Waals surface area contributed by atoms with Gasteiger partial charge in [0.05, 0.1) is 19.6 Å². The summed E-state index contributed by atoms with van der Waals surface area (Å²) in [6, 6.07) is 8.46. The number of aromatic hydroxyl groups is 2. The van der Waals surface area contributed by atoms with E-state index in [9.17, 15) is 10.2 Å². The number of fused-ring (bicyclic) bond motifs is 5. The van der Waals surface area contributed by atoms with Gasteiger partial charge in [-0.3, -0.25) is 0 Å². The predicted octanol–water partition coefficient (Wildman–Crippen LogP) is 2.72. The first kappa shape index (κ1) is 12.2. The molecule has 2 aromatic rings. The second kappa shape index (κ2) is 4.22. The quantitative estimate of drug-likeness (QED) is 0.843. The highest BCUT2D eigenvalue weighted by molar-refractivity contribution is 5.60. The molecule has 0 aliphatic carbocycles. The van der Waals surface area contributed by atoms with Crippen molar-refractivity contribution in [2.75, 3.05) is 13.7 Å². The summed E-state index contributed by atoms with van der Waals surface area (Å²) in [4.78, 5) is 0. The van der Waals surface area contributed by atoms with Crippen LogP contribution in [0.4, 0.5) is 0 Å². The third-order valence-electron chi connectivity index (χ3n) is 4.06. The SMILES string of the molecule is COc1c(O)ccc2c1O[C@@H]1c3ccc(O)cc3OC[C@@H]21. The molecule has 0 spiro atoms. The Morgan fingerprint density at radius 3 is 2.76 bits per heavy atom. The Labute approximate surface area is 121 Å². The van der Waals surface area contributed by atoms with E-state index in [2.05, 4.69) is 0 Å². The maximum absolute atomic E-state index is 9.87. The minimum Gasteiger partial charge on any atom is -0.508 e. The van der Waals surface area contributed by atoms with Gasteiger partial charge in [0, 0.05) is 17.2 Å². The zero-order valence-electron chi connectivity index (χ0n) is 11.4. The molecular weight excluding hydrogens is 272 g/mol. The average molecular weight is 286 g/mol.